The van der Waals surface area contributed by atoms with Crippen molar-refractivity contribution in [3.8, 4) is 0 Å². The molecule has 92 valence electrons. The molecule has 0 aromatic carbocycles. The van der Waals surface area contributed by atoms with Crippen molar-refractivity contribution in [3.63, 3.8) is 0 Å². The third-order valence-electron chi connectivity index (χ3n) is 6.46. The van der Waals surface area contributed by atoms with Gasteiger partial charge >= 0.3 is 0 Å². The Labute approximate surface area is 101 Å². The van der Waals surface area contributed by atoms with Crippen LogP contribution in [-0.2, 0) is 0 Å². The summed E-state index contributed by atoms with van der Waals surface area (Å²) in [5, 5.41) is 0. The van der Waals surface area contributed by atoms with Crippen molar-refractivity contribution < 1.29 is 0 Å². The fraction of sp³-hybridized carbons (Fsp3) is 1.00. The molecule has 3 fully saturated rings. The summed E-state index contributed by atoms with van der Waals surface area (Å²) in [6.07, 6.45) is 9.19. The minimum atomic E-state index is 1.02. The van der Waals surface area contributed by atoms with Gasteiger partial charge in [-0.3, -0.25) is 0 Å². The zero-order valence-corrected chi connectivity index (χ0v) is 11.3. The Bertz CT molecular complexity index is 231. The van der Waals surface area contributed by atoms with Crippen LogP contribution in [0.4, 0.5) is 0 Å². The van der Waals surface area contributed by atoms with Gasteiger partial charge in [0.15, 0.2) is 0 Å². The molecule has 3 aliphatic carbocycles. The molecule has 0 spiro atoms. The van der Waals surface area contributed by atoms with Gasteiger partial charge in [-0.25, -0.2) is 0 Å². The summed E-state index contributed by atoms with van der Waals surface area (Å²) >= 11 is 0. The van der Waals surface area contributed by atoms with E-state index in [1.54, 1.807) is 12.8 Å². The van der Waals surface area contributed by atoms with Crippen LogP contribution >= 0.6 is 0 Å². The van der Waals surface area contributed by atoms with Crippen LogP contribution in [0.25, 0.3) is 0 Å². The van der Waals surface area contributed by atoms with Crippen LogP contribution in [0.15, 0.2) is 0 Å². The lowest BCUT2D eigenvalue weighted by Gasteiger charge is -2.37. The van der Waals surface area contributed by atoms with Crippen LogP contribution in [0.3, 0.4) is 0 Å². The molecule has 16 heavy (non-hydrogen) atoms. The molecule has 0 aromatic heterocycles. The Morgan fingerprint density at radius 3 is 1.50 bits per heavy atom. The first kappa shape index (κ1) is 11.1. The van der Waals surface area contributed by atoms with E-state index in [-0.39, 0.29) is 0 Å². The first-order valence-corrected chi connectivity index (χ1v) is 7.70. The van der Waals surface area contributed by atoms with Crippen molar-refractivity contribution >= 4 is 0 Å². The summed E-state index contributed by atoms with van der Waals surface area (Å²) in [5.41, 5.74) is 0. The van der Waals surface area contributed by atoms with Gasteiger partial charge in [-0.2, -0.15) is 0 Å². The van der Waals surface area contributed by atoms with E-state index in [9.17, 15) is 0 Å². The predicted molar refractivity (Wildman–Crippen MR) is 69.2 cm³/mol. The maximum atomic E-state index is 2.59. The van der Waals surface area contributed by atoms with Gasteiger partial charge in [-0.1, -0.05) is 46.5 Å². The molecule has 0 bridgehead atoms. The number of hydrogen-bond acceptors (Lipinski definition) is 0. The lowest BCUT2D eigenvalue weighted by atomic mass is 9.69. The Morgan fingerprint density at radius 2 is 1.06 bits per heavy atom. The molecular formula is C16H28. The Balaban J connectivity index is 1.88. The monoisotopic (exact) mass is 220 g/mol. The van der Waals surface area contributed by atoms with E-state index in [1.165, 1.54) is 25.7 Å². The second-order valence-corrected chi connectivity index (χ2v) is 7.16. The molecule has 0 radical (unpaired) electrons. The smallest absolute Gasteiger partial charge is 0.0329 e. The lowest BCUT2D eigenvalue weighted by molar-refractivity contribution is 0.131. The zero-order valence-electron chi connectivity index (χ0n) is 11.3. The van der Waals surface area contributed by atoms with E-state index in [2.05, 4.69) is 20.8 Å². The molecule has 6 unspecified atom stereocenters. The summed E-state index contributed by atoms with van der Waals surface area (Å²) in [5.74, 6) is 7.48. The van der Waals surface area contributed by atoms with E-state index in [4.69, 9.17) is 0 Å². The van der Waals surface area contributed by atoms with Crippen molar-refractivity contribution in [3.05, 3.63) is 0 Å². The molecule has 6 atom stereocenters. The molecule has 0 amide bonds. The highest BCUT2D eigenvalue weighted by Gasteiger charge is 2.52. The van der Waals surface area contributed by atoms with Crippen LogP contribution in [-0.4, -0.2) is 0 Å². The summed E-state index contributed by atoms with van der Waals surface area (Å²) < 4.78 is 0. The fourth-order valence-electron chi connectivity index (χ4n) is 6.04. The van der Waals surface area contributed by atoms with Crippen molar-refractivity contribution in [1.82, 2.24) is 0 Å². The minimum absolute atomic E-state index is 1.02. The maximum absolute atomic E-state index is 2.59. The largest absolute Gasteiger partial charge is 0.0622 e. The van der Waals surface area contributed by atoms with Gasteiger partial charge in [0.05, 0.1) is 0 Å². The van der Waals surface area contributed by atoms with E-state index in [0.717, 1.165) is 41.4 Å². The second-order valence-electron chi connectivity index (χ2n) is 7.16. The van der Waals surface area contributed by atoms with Gasteiger partial charge in [-0.05, 0) is 54.3 Å². The third kappa shape index (κ3) is 1.48. The third-order valence-corrected chi connectivity index (χ3v) is 6.46. The Kier molecular flexibility index (Phi) is 2.80. The summed E-state index contributed by atoms with van der Waals surface area (Å²) in [6.45, 7) is 7.66. The highest BCUT2D eigenvalue weighted by atomic mass is 14.6. The lowest BCUT2D eigenvalue weighted by Crippen LogP contribution is -2.28. The zero-order chi connectivity index (χ0) is 11.3. The summed E-state index contributed by atoms with van der Waals surface area (Å²) in [4.78, 5) is 0. The Morgan fingerprint density at radius 1 is 0.625 bits per heavy atom. The molecule has 0 saturated heterocycles. The molecule has 0 heterocycles. The molecular weight excluding hydrogens is 192 g/mol. The topological polar surface area (TPSA) is 0 Å². The standard InChI is InChI=1S/C16H28/c1-10-6-4-8-13-14-9-5-7-11(2)16(14)12(3)15(10)13/h10-16H,4-9H2,1-3H3. The molecule has 0 aliphatic heterocycles. The number of hydrogen-bond donors (Lipinski definition) is 0. The van der Waals surface area contributed by atoms with Gasteiger partial charge in [0.2, 0.25) is 0 Å². The highest BCUT2D eigenvalue weighted by molar-refractivity contribution is 5.01. The molecule has 3 saturated carbocycles. The SMILES string of the molecule is CC1CCCC2C3CCCC(C)C3C(C)C12. The van der Waals surface area contributed by atoms with Crippen molar-refractivity contribution in [1.29, 1.82) is 0 Å². The van der Waals surface area contributed by atoms with Crippen LogP contribution in [0.2, 0.25) is 0 Å². The van der Waals surface area contributed by atoms with Gasteiger partial charge in [0.25, 0.3) is 0 Å². The van der Waals surface area contributed by atoms with E-state index in [1.807, 2.05) is 0 Å². The van der Waals surface area contributed by atoms with Gasteiger partial charge in [-0.15, -0.1) is 0 Å². The summed E-state index contributed by atoms with van der Waals surface area (Å²) in [7, 11) is 0. The van der Waals surface area contributed by atoms with Crippen LogP contribution < -0.4 is 0 Å². The normalized spacial score (nSPS) is 56.8. The van der Waals surface area contributed by atoms with E-state index < -0.39 is 0 Å². The van der Waals surface area contributed by atoms with E-state index in [0.29, 0.717) is 0 Å². The van der Waals surface area contributed by atoms with Crippen LogP contribution in [0.1, 0.15) is 59.3 Å². The predicted octanol–water partition coefficient (Wildman–Crippen LogP) is 4.74. The quantitative estimate of drug-likeness (QED) is 0.553. The molecule has 3 rings (SSSR count). The van der Waals surface area contributed by atoms with Crippen molar-refractivity contribution in [2.75, 3.05) is 0 Å². The van der Waals surface area contributed by atoms with E-state index >= 15 is 0 Å². The second kappa shape index (κ2) is 4.03. The van der Waals surface area contributed by atoms with Crippen molar-refractivity contribution in [2.24, 2.45) is 41.4 Å². The van der Waals surface area contributed by atoms with Gasteiger partial charge in [0, 0.05) is 0 Å². The van der Waals surface area contributed by atoms with Crippen LogP contribution in [0.5, 0.6) is 0 Å². The molecule has 0 aromatic rings. The molecule has 3 aliphatic rings. The first-order chi connectivity index (χ1) is 7.70. The minimum Gasteiger partial charge on any atom is -0.0622 e. The number of fused-ring (bicyclic) bond motifs is 3. The average molecular weight is 220 g/mol. The molecule has 0 nitrogen and oxygen atoms in total. The van der Waals surface area contributed by atoms with Gasteiger partial charge < -0.3 is 0 Å². The maximum Gasteiger partial charge on any atom is -0.0329 e. The van der Waals surface area contributed by atoms with Crippen molar-refractivity contribution in [2.45, 2.75) is 59.3 Å². The molecule has 0 heteroatoms. The number of rotatable bonds is 0. The average Bonchev–Trinajstić information content (AvgIpc) is 2.56. The van der Waals surface area contributed by atoms with Crippen LogP contribution in [0, 0.1) is 41.4 Å². The first-order valence-electron chi connectivity index (χ1n) is 7.70. The van der Waals surface area contributed by atoms with Gasteiger partial charge in [0.1, 0.15) is 0 Å². The molecule has 0 N–H and O–H groups in total. The summed E-state index contributed by atoms with van der Waals surface area (Å²) in [6, 6.07) is 0. The fourth-order valence-corrected chi connectivity index (χ4v) is 6.04. The Hall–Kier alpha value is 0. The highest BCUT2D eigenvalue weighted by Crippen LogP contribution is 2.59.